The van der Waals surface area contributed by atoms with Crippen molar-refractivity contribution in [2.45, 2.75) is 6.54 Å². The Morgan fingerprint density at radius 1 is 1.50 bits per heavy atom. The molecule has 56 valence electrons. The molecule has 0 bridgehead atoms. The first-order valence-electron chi connectivity index (χ1n) is 3.14. The van der Waals surface area contributed by atoms with Crippen molar-refractivity contribution >= 4 is 0 Å². The van der Waals surface area contributed by atoms with Gasteiger partial charge in [-0.15, -0.1) is 10.2 Å². The van der Waals surface area contributed by atoms with Crippen molar-refractivity contribution in [2.75, 3.05) is 20.6 Å². The van der Waals surface area contributed by atoms with E-state index in [9.17, 15) is 0 Å². The molecule has 0 aromatic carbocycles. The molecule has 0 fully saturated rings. The summed E-state index contributed by atoms with van der Waals surface area (Å²) in [5, 5.41) is 11.2. The van der Waals surface area contributed by atoms with Gasteiger partial charge in [-0.2, -0.15) is 4.80 Å². The second-order valence-corrected chi connectivity index (χ2v) is 2.34. The zero-order valence-electron chi connectivity index (χ0n) is 6.23. The van der Waals surface area contributed by atoms with Gasteiger partial charge in [0, 0.05) is 6.54 Å². The minimum absolute atomic E-state index is 0.799. The molecule has 0 N–H and O–H groups in total. The standard InChI is InChI=1S/C5H11N5/c1-9(2)3-4-10-7-5-6-8-10/h5H,3-4H2,1-2H3. The van der Waals surface area contributed by atoms with E-state index in [1.54, 1.807) is 4.80 Å². The van der Waals surface area contributed by atoms with E-state index in [-0.39, 0.29) is 0 Å². The smallest absolute Gasteiger partial charge is 0.162 e. The molecule has 0 saturated heterocycles. The van der Waals surface area contributed by atoms with Crippen LogP contribution in [0.1, 0.15) is 0 Å². The molecule has 0 aliphatic rings. The molecule has 0 aliphatic carbocycles. The van der Waals surface area contributed by atoms with Gasteiger partial charge in [0.25, 0.3) is 0 Å². The van der Waals surface area contributed by atoms with Crippen LogP contribution in [-0.4, -0.2) is 45.7 Å². The molecule has 0 aliphatic heterocycles. The van der Waals surface area contributed by atoms with Gasteiger partial charge in [0.1, 0.15) is 0 Å². The third-order valence-electron chi connectivity index (χ3n) is 1.14. The molecule has 1 rings (SSSR count). The Morgan fingerprint density at radius 3 is 2.80 bits per heavy atom. The maximum Gasteiger partial charge on any atom is 0.162 e. The largest absolute Gasteiger partial charge is 0.307 e. The van der Waals surface area contributed by atoms with E-state index >= 15 is 0 Å². The van der Waals surface area contributed by atoms with Gasteiger partial charge in [-0.1, -0.05) is 0 Å². The number of aromatic nitrogens is 4. The van der Waals surface area contributed by atoms with Gasteiger partial charge in [0.15, 0.2) is 6.33 Å². The number of rotatable bonds is 3. The number of likely N-dealkylation sites (N-methyl/N-ethyl adjacent to an activating group) is 1. The highest BCUT2D eigenvalue weighted by Gasteiger charge is 1.92. The highest BCUT2D eigenvalue weighted by Crippen LogP contribution is 1.77. The zero-order chi connectivity index (χ0) is 7.40. The molecule has 0 radical (unpaired) electrons. The van der Waals surface area contributed by atoms with Gasteiger partial charge in [-0.3, -0.25) is 0 Å². The van der Waals surface area contributed by atoms with Crippen molar-refractivity contribution in [3.63, 3.8) is 0 Å². The van der Waals surface area contributed by atoms with E-state index in [1.807, 2.05) is 14.1 Å². The van der Waals surface area contributed by atoms with Gasteiger partial charge >= 0.3 is 0 Å². The van der Waals surface area contributed by atoms with Crippen LogP contribution in [-0.2, 0) is 6.54 Å². The monoisotopic (exact) mass is 141 g/mol. The SMILES string of the molecule is CN(C)CCn1ncnn1. The minimum Gasteiger partial charge on any atom is -0.307 e. The highest BCUT2D eigenvalue weighted by molar-refractivity contribution is 4.43. The molecule has 5 nitrogen and oxygen atoms in total. The van der Waals surface area contributed by atoms with E-state index in [0.29, 0.717) is 0 Å². The summed E-state index contributed by atoms with van der Waals surface area (Å²) >= 11 is 0. The Balaban J connectivity index is 2.28. The topological polar surface area (TPSA) is 46.8 Å². The van der Waals surface area contributed by atoms with E-state index < -0.39 is 0 Å². The number of hydrogen-bond acceptors (Lipinski definition) is 4. The molecule has 0 saturated carbocycles. The molecular weight excluding hydrogens is 130 g/mol. The van der Waals surface area contributed by atoms with Gasteiger partial charge in [-0.05, 0) is 19.3 Å². The number of tetrazole rings is 1. The lowest BCUT2D eigenvalue weighted by molar-refractivity contribution is 0.355. The van der Waals surface area contributed by atoms with Crippen molar-refractivity contribution < 1.29 is 0 Å². The van der Waals surface area contributed by atoms with Crippen molar-refractivity contribution in [1.29, 1.82) is 0 Å². The Hall–Kier alpha value is -0.970. The molecule has 0 unspecified atom stereocenters. The molecule has 1 aromatic heterocycles. The van der Waals surface area contributed by atoms with Crippen molar-refractivity contribution in [2.24, 2.45) is 0 Å². The maximum atomic E-state index is 3.86. The first-order chi connectivity index (χ1) is 4.79. The molecular formula is C5H11N5. The van der Waals surface area contributed by atoms with E-state index in [1.165, 1.54) is 6.33 Å². The Labute approximate surface area is 59.6 Å². The van der Waals surface area contributed by atoms with Crippen LogP contribution in [0.25, 0.3) is 0 Å². The third kappa shape index (κ3) is 2.10. The minimum atomic E-state index is 0.799. The predicted octanol–water partition coefficient (Wildman–Crippen LogP) is -0.765. The molecule has 10 heavy (non-hydrogen) atoms. The lowest BCUT2D eigenvalue weighted by Gasteiger charge is -2.06. The van der Waals surface area contributed by atoms with Gasteiger partial charge in [0.2, 0.25) is 0 Å². The lowest BCUT2D eigenvalue weighted by atomic mass is 10.6. The summed E-state index contributed by atoms with van der Waals surface area (Å²) in [7, 11) is 4.02. The summed E-state index contributed by atoms with van der Waals surface area (Å²) in [6.45, 7) is 1.74. The van der Waals surface area contributed by atoms with Crippen molar-refractivity contribution in [1.82, 2.24) is 25.1 Å². The lowest BCUT2D eigenvalue weighted by Crippen LogP contribution is -2.19. The van der Waals surface area contributed by atoms with Crippen LogP contribution in [0.4, 0.5) is 0 Å². The summed E-state index contributed by atoms with van der Waals surface area (Å²) in [6, 6.07) is 0. The first kappa shape index (κ1) is 7.14. The fraction of sp³-hybridized carbons (Fsp3) is 0.800. The van der Waals surface area contributed by atoms with Crippen LogP contribution >= 0.6 is 0 Å². The predicted molar refractivity (Wildman–Crippen MR) is 36.4 cm³/mol. The second-order valence-electron chi connectivity index (χ2n) is 2.34. The number of hydrogen-bond donors (Lipinski definition) is 0. The molecule has 0 spiro atoms. The first-order valence-corrected chi connectivity index (χ1v) is 3.14. The van der Waals surface area contributed by atoms with E-state index in [4.69, 9.17) is 0 Å². The quantitative estimate of drug-likeness (QED) is 0.555. The fourth-order valence-electron chi connectivity index (χ4n) is 0.580. The van der Waals surface area contributed by atoms with Gasteiger partial charge in [0.05, 0.1) is 6.54 Å². The van der Waals surface area contributed by atoms with Gasteiger partial charge in [-0.25, -0.2) is 0 Å². The van der Waals surface area contributed by atoms with Crippen LogP contribution < -0.4 is 0 Å². The van der Waals surface area contributed by atoms with Crippen LogP contribution in [0.15, 0.2) is 6.33 Å². The Morgan fingerprint density at radius 2 is 2.30 bits per heavy atom. The van der Waals surface area contributed by atoms with Crippen LogP contribution in [0, 0.1) is 0 Å². The van der Waals surface area contributed by atoms with E-state index in [0.717, 1.165) is 13.1 Å². The molecule has 1 aromatic rings. The summed E-state index contributed by atoms with van der Waals surface area (Å²) < 4.78 is 0. The Kier molecular flexibility index (Phi) is 2.33. The van der Waals surface area contributed by atoms with Crippen LogP contribution in [0.2, 0.25) is 0 Å². The Bertz CT molecular complexity index is 168. The molecule has 5 heteroatoms. The zero-order valence-corrected chi connectivity index (χ0v) is 6.23. The fourth-order valence-corrected chi connectivity index (χ4v) is 0.580. The van der Waals surface area contributed by atoms with Crippen LogP contribution in [0.3, 0.4) is 0 Å². The third-order valence-corrected chi connectivity index (χ3v) is 1.14. The van der Waals surface area contributed by atoms with Crippen molar-refractivity contribution in [3.05, 3.63) is 6.33 Å². The molecule has 0 amide bonds. The van der Waals surface area contributed by atoms with E-state index in [2.05, 4.69) is 20.3 Å². The van der Waals surface area contributed by atoms with Gasteiger partial charge < -0.3 is 4.90 Å². The molecule has 1 heterocycles. The molecule has 0 atom stereocenters. The number of nitrogens with zero attached hydrogens (tertiary/aromatic N) is 5. The highest BCUT2D eigenvalue weighted by atomic mass is 15.6. The summed E-state index contributed by atoms with van der Waals surface area (Å²) in [5.41, 5.74) is 0. The van der Waals surface area contributed by atoms with Crippen LogP contribution in [0.5, 0.6) is 0 Å². The maximum absolute atomic E-state index is 3.86. The summed E-state index contributed by atoms with van der Waals surface area (Å²) in [5.74, 6) is 0. The summed E-state index contributed by atoms with van der Waals surface area (Å²) in [4.78, 5) is 3.64. The summed E-state index contributed by atoms with van der Waals surface area (Å²) in [6.07, 6.45) is 1.44. The average molecular weight is 141 g/mol. The van der Waals surface area contributed by atoms with Crippen molar-refractivity contribution in [3.8, 4) is 0 Å². The second kappa shape index (κ2) is 3.26. The average Bonchev–Trinajstić information content (AvgIpc) is 2.34. The normalized spacial score (nSPS) is 10.7.